The molecule has 2 amide bonds. The van der Waals surface area contributed by atoms with Crippen LogP contribution in [0.25, 0.3) is 0 Å². The van der Waals surface area contributed by atoms with Crippen molar-refractivity contribution >= 4 is 29.1 Å². The van der Waals surface area contributed by atoms with Gasteiger partial charge in [-0.2, -0.15) is 0 Å². The van der Waals surface area contributed by atoms with Crippen LogP contribution in [0.1, 0.15) is 44.4 Å². The van der Waals surface area contributed by atoms with Crippen molar-refractivity contribution in [3.05, 3.63) is 91.9 Å². The van der Waals surface area contributed by atoms with E-state index in [1.807, 2.05) is 0 Å². The highest BCUT2D eigenvalue weighted by Gasteiger charge is 2.38. The van der Waals surface area contributed by atoms with E-state index in [1.165, 1.54) is 21.7 Å². The van der Waals surface area contributed by atoms with Gasteiger partial charge in [-0.1, -0.05) is 17.7 Å². The smallest absolute Gasteiger partial charge is 0.279 e. The van der Waals surface area contributed by atoms with E-state index in [0.717, 1.165) is 11.6 Å². The number of aromatic hydroxyl groups is 1. The molecule has 5 rings (SSSR count). The minimum atomic E-state index is -1.01. The molecule has 174 valence electrons. The molecule has 0 aliphatic carbocycles. The van der Waals surface area contributed by atoms with Gasteiger partial charge >= 0.3 is 0 Å². The van der Waals surface area contributed by atoms with Crippen molar-refractivity contribution < 1.29 is 23.5 Å². The first-order valence-corrected chi connectivity index (χ1v) is 10.9. The Morgan fingerprint density at radius 2 is 1.97 bits per heavy atom. The number of carbonyl (C=O) groups is 2. The maximum absolute atomic E-state index is 13.9. The zero-order valence-corrected chi connectivity index (χ0v) is 18.4. The Morgan fingerprint density at radius 1 is 1.18 bits per heavy atom. The molecule has 1 unspecified atom stereocenters. The average molecular weight is 486 g/mol. The summed E-state index contributed by atoms with van der Waals surface area (Å²) in [6.45, 7) is 0.00370. The van der Waals surface area contributed by atoms with Crippen LogP contribution < -0.4 is 15.6 Å². The fourth-order valence-corrected chi connectivity index (χ4v) is 4.70. The van der Waals surface area contributed by atoms with E-state index in [9.17, 15) is 28.3 Å². The Balaban J connectivity index is 1.50. The lowest BCUT2D eigenvalue weighted by atomic mass is 10.0. The van der Waals surface area contributed by atoms with Gasteiger partial charge in [0, 0.05) is 41.6 Å². The number of nitrogens with one attached hydrogen (secondary N) is 1. The van der Waals surface area contributed by atoms with E-state index < -0.39 is 34.6 Å². The maximum atomic E-state index is 13.9. The van der Waals surface area contributed by atoms with Crippen molar-refractivity contribution in [2.45, 2.75) is 25.4 Å². The number of pyridine rings is 1. The summed E-state index contributed by atoms with van der Waals surface area (Å²) in [5.41, 5.74) is -0.00747. The van der Waals surface area contributed by atoms with Gasteiger partial charge in [-0.15, -0.1) is 0 Å². The number of carbonyl (C=O) groups excluding carboxylic acids is 2. The highest BCUT2D eigenvalue weighted by atomic mass is 35.5. The lowest BCUT2D eigenvalue weighted by Gasteiger charge is -2.35. The second-order valence-electron chi connectivity index (χ2n) is 8.28. The van der Waals surface area contributed by atoms with Crippen molar-refractivity contribution in [3.63, 3.8) is 0 Å². The number of aryl methyl sites for hydroxylation is 1. The number of hydrogen-bond acceptors (Lipinski definition) is 4. The molecule has 0 saturated carbocycles. The number of benzene rings is 2. The molecule has 0 saturated heterocycles. The predicted molar refractivity (Wildman–Crippen MR) is 120 cm³/mol. The number of rotatable bonds is 3. The molecule has 2 aliphatic heterocycles. The van der Waals surface area contributed by atoms with Crippen LogP contribution in [0.15, 0.2) is 47.4 Å². The predicted octanol–water partition coefficient (Wildman–Crippen LogP) is 3.56. The van der Waals surface area contributed by atoms with Gasteiger partial charge in [-0.05, 0) is 42.7 Å². The normalized spacial score (nSPS) is 16.5. The second kappa shape index (κ2) is 8.25. The van der Waals surface area contributed by atoms with Gasteiger partial charge in [0.05, 0.1) is 6.04 Å². The molecular weight excluding hydrogens is 468 g/mol. The van der Waals surface area contributed by atoms with E-state index in [-0.39, 0.29) is 29.4 Å². The van der Waals surface area contributed by atoms with Crippen LogP contribution in [-0.2, 0) is 13.0 Å². The maximum Gasteiger partial charge on any atom is 0.279 e. The number of amides is 2. The van der Waals surface area contributed by atoms with E-state index >= 15 is 0 Å². The molecule has 0 spiro atoms. The number of aromatic nitrogens is 1. The largest absolute Gasteiger partial charge is 0.503 e. The Bertz CT molecular complexity index is 1420. The van der Waals surface area contributed by atoms with Gasteiger partial charge in [0.25, 0.3) is 11.8 Å². The molecule has 34 heavy (non-hydrogen) atoms. The van der Waals surface area contributed by atoms with Crippen LogP contribution in [0.5, 0.6) is 5.75 Å². The molecule has 1 atom stereocenters. The molecule has 0 fully saturated rings. The Labute approximate surface area is 197 Å². The van der Waals surface area contributed by atoms with Crippen LogP contribution in [0.2, 0.25) is 5.02 Å². The van der Waals surface area contributed by atoms with Gasteiger partial charge in [0.1, 0.15) is 17.2 Å². The molecule has 2 aliphatic rings. The van der Waals surface area contributed by atoms with E-state index in [4.69, 9.17) is 11.6 Å². The molecule has 3 aromatic rings. The highest BCUT2D eigenvalue weighted by Crippen LogP contribution is 2.38. The number of halogens is 3. The van der Waals surface area contributed by atoms with Gasteiger partial charge in [0.2, 0.25) is 5.43 Å². The van der Waals surface area contributed by atoms with Crippen LogP contribution >= 0.6 is 11.6 Å². The third-order valence-corrected chi connectivity index (χ3v) is 6.46. The molecule has 1 aromatic heterocycles. The third kappa shape index (κ3) is 3.62. The zero-order valence-electron chi connectivity index (χ0n) is 17.6. The average Bonchev–Trinajstić information content (AvgIpc) is 2.96. The van der Waals surface area contributed by atoms with Crippen molar-refractivity contribution in [2.75, 3.05) is 11.4 Å². The molecule has 0 radical (unpaired) electrons. The van der Waals surface area contributed by atoms with Crippen LogP contribution in [0.3, 0.4) is 0 Å². The lowest BCUT2D eigenvalue weighted by molar-refractivity contribution is 0.0929. The zero-order chi connectivity index (χ0) is 24.1. The molecule has 3 heterocycles. The number of anilines is 1. The van der Waals surface area contributed by atoms with Crippen LogP contribution in [0, 0.1) is 11.6 Å². The third-order valence-electron chi connectivity index (χ3n) is 6.22. The molecule has 7 nitrogen and oxygen atoms in total. The summed E-state index contributed by atoms with van der Waals surface area (Å²) in [5, 5.41) is 13.6. The molecule has 2 bridgehead atoms. The monoisotopic (exact) mass is 485 g/mol. The summed E-state index contributed by atoms with van der Waals surface area (Å²) in [5.74, 6) is -3.82. The van der Waals surface area contributed by atoms with E-state index in [2.05, 4.69) is 5.32 Å². The quantitative estimate of drug-likeness (QED) is 0.593. The topological polar surface area (TPSA) is 91.6 Å². The van der Waals surface area contributed by atoms with E-state index in [1.54, 1.807) is 18.2 Å². The summed E-state index contributed by atoms with van der Waals surface area (Å²) in [6.07, 6.45) is 2.44. The highest BCUT2D eigenvalue weighted by molar-refractivity contribution is 6.30. The number of hydrogen-bond donors (Lipinski definition) is 2. The summed E-state index contributed by atoms with van der Waals surface area (Å²) in [6, 6.07) is 7.82. The second-order valence-corrected chi connectivity index (χ2v) is 8.71. The molecular formula is C24H18ClF2N3O4. The molecule has 2 aromatic carbocycles. The Morgan fingerprint density at radius 3 is 2.74 bits per heavy atom. The van der Waals surface area contributed by atoms with Gasteiger partial charge in [-0.3, -0.25) is 14.4 Å². The SMILES string of the molecule is O=C(NCc1ccc(F)cc1F)c1cn2c(c(O)c1=O)C(=O)N1CC2CCc2cc(Cl)ccc21. The first kappa shape index (κ1) is 22.1. The lowest BCUT2D eigenvalue weighted by Crippen LogP contribution is -2.44. The Kier molecular flexibility index (Phi) is 5.36. The van der Waals surface area contributed by atoms with Crippen molar-refractivity contribution in [1.82, 2.24) is 9.88 Å². The van der Waals surface area contributed by atoms with Crippen molar-refractivity contribution in [3.8, 4) is 5.75 Å². The van der Waals surface area contributed by atoms with Gasteiger partial charge in [0.15, 0.2) is 11.4 Å². The minimum absolute atomic E-state index is 0.0306. The standard InChI is InChI=1S/C24H18ClF2N3O4/c25-14-3-6-19-12(7-14)2-5-16-10-30(19)24(34)20-22(32)21(31)17(11-29(16)20)23(33)28-9-13-1-4-15(26)8-18(13)27/h1,3-4,6-8,11,16,32H,2,5,9-10H2,(H,28,33). The molecule has 2 N–H and O–H groups in total. The first-order chi connectivity index (χ1) is 16.2. The number of fused-ring (bicyclic) bond motifs is 6. The van der Waals surface area contributed by atoms with Crippen molar-refractivity contribution in [2.24, 2.45) is 0 Å². The van der Waals surface area contributed by atoms with Gasteiger partial charge in [-0.25, -0.2) is 8.78 Å². The number of nitrogens with zero attached hydrogens (tertiary/aromatic N) is 2. The van der Waals surface area contributed by atoms with Crippen molar-refractivity contribution in [1.29, 1.82) is 0 Å². The van der Waals surface area contributed by atoms with Gasteiger partial charge < -0.3 is 19.9 Å². The van der Waals surface area contributed by atoms with Crippen LogP contribution in [-0.4, -0.2) is 28.0 Å². The molecule has 10 heteroatoms. The summed E-state index contributed by atoms with van der Waals surface area (Å²) in [7, 11) is 0. The Hall–Kier alpha value is -3.72. The van der Waals surface area contributed by atoms with Crippen LogP contribution in [0.4, 0.5) is 14.5 Å². The fraction of sp³-hybridized carbons (Fsp3) is 0.208. The van der Waals surface area contributed by atoms with E-state index in [0.29, 0.717) is 36.2 Å². The fourth-order valence-electron chi connectivity index (χ4n) is 4.50. The first-order valence-electron chi connectivity index (χ1n) is 10.5. The minimum Gasteiger partial charge on any atom is -0.503 e. The summed E-state index contributed by atoms with van der Waals surface area (Å²) in [4.78, 5) is 40.3. The summed E-state index contributed by atoms with van der Waals surface area (Å²) < 4.78 is 28.5. The summed E-state index contributed by atoms with van der Waals surface area (Å²) >= 11 is 6.12.